The molecule has 0 aromatic carbocycles. The van der Waals surface area contributed by atoms with E-state index in [0.29, 0.717) is 19.3 Å². The number of aliphatic hydroxyl groups excluding tert-OH is 12. The van der Waals surface area contributed by atoms with Crippen molar-refractivity contribution in [3.8, 4) is 0 Å². The van der Waals surface area contributed by atoms with Crippen molar-refractivity contribution >= 4 is 0 Å². The van der Waals surface area contributed by atoms with Crippen LogP contribution in [0.1, 0.15) is 19.3 Å². The van der Waals surface area contributed by atoms with Gasteiger partial charge in [0.25, 0.3) is 0 Å². The van der Waals surface area contributed by atoms with E-state index in [1.165, 1.54) is 0 Å². The summed E-state index contributed by atoms with van der Waals surface area (Å²) in [6.45, 7) is -0.0586. The fourth-order valence-corrected chi connectivity index (χ4v) is 4.82. The number of ether oxygens (including phenoxy) is 12. The van der Waals surface area contributed by atoms with Crippen LogP contribution in [-0.2, 0) is 56.8 Å². The first kappa shape index (κ1) is 73.6. The van der Waals surface area contributed by atoms with Crippen molar-refractivity contribution in [2.75, 3.05) is 119 Å². The molecule has 1 saturated carbocycles. The van der Waals surface area contributed by atoms with Crippen molar-refractivity contribution in [3.05, 3.63) is 42.7 Å². The molecule has 27 heteroatoms. The SMILES string of the molecule is [CH2-]OCC(CO)OCCO.[CH2-]OCC(CO)OCCO.[CH2-]OCC(CO)OCCO.[CH2-]OCC(O)C(O)COC1CC(OCC(O)C(O)CO[CH2-])CC(OCC(O)C(O)CO[CH2-])C1.[Rf].[Rf].[Rf]. The molecule has 24 nitrogen and oxygen atoms in total. The fourth-order valence-electron chi connectivity index (χ4n) is 4.82. The van der Waals surface area contributed by atoms with E-state index < -0.39 is 54.9 Å². The third-order valence-corrected chi connectivity index (χ3v) is 8.14. The monoisotopic (exact) mass is 1730 g/mol. The first-order valence-corrected chi connectivity index (χ1v) is 19.9. The zero-order valence-corrected chi connectivity index (χ0v) is 57.6. The normalized spacial score (nSPS) is 19.6. The Balaban J connectivity index is -0.000000222. The summed E-state index contributed by atoms with van der Waals surface area (Å²) < 4.78 is 59.1. The second-order valence-electron chi connectivity index (χ2n) is 13.4. The molecular weight excluding hydrogens is 1650 g/mol. The first-order chi connectivity index (χ1) is 30.2. The molecule has 0 heterocycles. The fraction of sp³-hybridized carbons (Fsp3) is 0.846. The van der Waals surface area contributed by atoms with Gasteiger partial charge in [-0.25, -0.2) is 42.7 Å². The summed E-state index contributed by atoms with van der Waals surface area (Å²) in [4.78, 5) is 0. The van der Waals surface area contributed by atoms with Crippen LogP contribution in [0.25, 0.3) is 0 Å². The number of hydrogen-bond acceptors (Lipinski definition) is 24. The van der Waals surface area contributed by atoms with E-state index in [4.69, 9.17) is 59.1 Å². The second-order valence-corrected chi connectivity index (χ2v) is 13.4. The van der Waals surface area contributed by atoms with Crippen molar-refractivity contribution in [1.82, 2.24) is 0 Å². The average Bonchev–Trinajstić information content (AvgIpc) is 3.28. The van der Waals surface area contributed by atoms with Gasteiger partial charge in [-0.3, -0.25) is 0 Å². The maximum Gasteiger partial charge on any atom is 0.105 e. The van der Waals surface area contributed by atoms with E-state index in [1.54, 1.807) is 0 Å². The minimum absolute atomic E-state index is 0. The quantitative estimate of drug-likeness (QED) is 0.0263. The van der Waals surface area contributed by atoms with Gasteiger partial charge in [-0.1, -0.05) is 0 Å². The van der Waals surface area contributed by atoms with Gasteiger partial charge in [-0.15, -0.1) is 0 Å². The molecule has 0 bridgehead atoms. The van der Waals surface area contributed by atoms with E-state index in [-0.39, 0.29) is 137 Å². The van der Waals surface area contributed by atoms with Gasteiger partial charge in [-0.05, 0) is 19.3 Å². The Kier molecular flexibility index (Phi) is 58.0. The minimum atomic E-state index is -1.19. The van der Waals surface area contributed by atoms with Crippen LogP contribution in [0.3, 0.4) is 0 Å². The largest absolute Gasteiger partial charge is 0.553 e. The predicted octanol–water partition coefficient (Wildman–Crippen LogP) is -4.59. The first-order valence-electron chi connectivity index (χ1n) is 19.9. The predicted molar refractivity (Wildman–Crippen MR) is 219 cm³/mol. The van der Waals surface area contributed by atoms with E-state index in [1.807, 2.05) is 0 Å². The van der Waals surface area contributed by atoms with Crippen molar-refractivity contribution in [2.24, 2.45) is 0 Å². The van der Waals surface area contributed by atoms with Gasteiger partial charge >= 0.3 is 0 Å². The van der Waals surface area contributed by atoms with Crippen LogP contribution < -0.4 is 0 Å². The summed E-state index contributed by atoms with van der Waals surface area (Å²) in [6, 6.07) is 0. The molecule has 1 rings (SSSR count). The van der Waals surface area contributed by atoms with Crippen molar-refractivity contribution in [3.63, 3.8) is 0 Å². The van der Waals surface area contributed by atoms with E-state index in [0.717, 1.165) is 0 Å². The van der Waals surface area contributed by atoms with Gasteiger partial charge in [-0.2, -0.15) is 0 Å². The van der Waals surface area contributed by atoms with Crippen LogP contribution >= 0.6 is 0 Å². The zero-order valence-electron chi connectivity index (χ0n) is 38.4. The van der Waals surface area contributed by atoms with Gasteiger partial charge in [0.1, 0.15) is 54.9 Å². The van der Waals surface area contributed by atoms with Crippen molar-refractivity contribution < 1.29 is 118 Å². The van der Waals surface area contributed by atoms with Gasteiger partial charge < -0.3 is 118 Å². The molecule has 0 saturated heterocycles. The summed E-state index contributed by atoms with van der Waals surface area (Å²) in [5, 5.41) is 110. The molecular formula is C39H78O24Rf3-6. The van der Waals surface area contributed by atoms with Gasteiger partial charge in [0.05, 0.1) is 97.6 Å². The van der Waals surface area contributed by atoms with E-state index in [2.05, 4.69) is 71.1 Å². The minimum Gasteiger partial charge on any atom is -0.553 e. The number of rotatable bonds is 36. The van der Waals surface area contributed by atoms with Crippen LogP contribution in [0.15, 0.2) is 0 Å². The molecule has 390 valence electrons. The molecule has 9 unspecified atom stereocenters. The number of aliphatic hydroxyl groups is 12. The third kappa shape index (κ3) is 41.5. The molecule has 1 aliphatic rings. The summed E-state index contributed by atoms with van der Waals surface area (Å²) >= 11 is 0. The van der Waals surface area contributed by atoms with Crippen LogP contribution in [0, 0.1) is 42.7 Å². The zero-order chi connectivity index (χ0) is 48.3. The van der Waals surface area contributed by atoms with E-state index >= 15 is 0 Å². The summed E-state index contributed by atoms with van der Waals surface area (Å²) in [6.07, 6.45) is -8.22. The van der Waals surface area contributed by atoms with Gasteiger partial charge in [0.15, 0.2) is 0 Å². The molecule has 66 heavy (non-hydrogen) atoms. The molecule has 0 spiro atoms. The Morgan fingerprint density at radius 1 is 0.333 bits per heavy atom. The smallest absolute Gasteiger partial charge is 0.105 e. The Hall–Kier alpha value is -3.96. The molecule has 0 aliphatic heterocycles. The third-order valence-electron chi connectivity index (χ3n) is 8.14. The molecule has 0 aromatic heterocycles. The Bertz CT molecular complexity index is 806. The average molecular weight is 1730 g/mol. The Morgan fingerprint density at radius 2 is 0.530 bits per heavy atom. The van der Waals surface area contributed by atoms with Crippen molar-refractivity contribution in [1.29, 1.82) is 0 Å². The molecule has 9 atom stereocenters. The molecule has 0 amide bonds. The van der Waals surface area contributed by atoms with Crippen LogP contribution in [0.2, 0.25) is 0 Å². The van der Waals surface area contributed by atoms with Crippen LogP contribution in [-0.4, -0.2) is 253 Å². The Labute approximate surface area is 372 Å². The van der Waals surface area contributed by atoms with Crippen molar-refractivity contribution in [2.45, 2.75) is 92.5 Å². The Morgan fingerprint density at radius 3 is 0.697 bits per heavy atom. The topological polar surface area (TPSA) is 354 Å². The number of hydrogen-bond donors (Lipinski definition) is 12. The molecule has 1 fully saturated rings. The standard InChI is InChI=1S/C21H39O12.3C6H13O4.3Rf/c1-28-7-16(22)19(25)10-31-13-4-14(32-11-20(26)17(23)8-29-2)6-15(5-13)33-12-21(27)18(24)9-30-3;3*1-9-5-6(4-8)10-3-2-7;;;/h13-27H,1-12H2;3*6-8H,1-5H2;;;/q-3;3*-1;;;. The molecule has 12 N–H and O–H groups in total. The van der Waals surface area contributed by atoms with E-state index in [9.17, 15) is 30.6 Å². The molecule has 0 aromatic rings. The van der Waals surface area contributed by atoms with Gasteiger partial charge in [0, 0.05) is 39.6 Å². The van der Waals surface area contributed by atoms with Gasteiger partial charge in [0.2, 0.25) is 0 Å². The molecule has 0 radical (unpaired) electrons. The van der Waals surface area contributed by atoms with Crippen LogP contribution in [0.5, 0.6) is 0 Å². The summed E-state index contributed by atoms with van der Waals surface area (Å²) in [7, 11) is 18.8. The second kappa shape index (κ2) is 52.0. The maximum absolute atomic E-state index is 9.99. The maximum atomic E-state index is 9.99. The summed E-state index contributed by atoms with van der Waals surface area (Å²) in [5.74, 6) is 0. The molecule has 1 aliphatic carbocycles. The van der Waals surface area contributed by atoms with Crippen LogP contribution in [0.4, 0.5) is 0 Å². The summed E-state index contributed by atoms with van der Waals surface area (Å²) in [5.41, 5.74) is 0.